The van der Waals surface area contributed by atoms with Gasteiger partial charge in [0, 0.05) is 6.54 Å². The molecule has 5 heteroatoms. The van der Waals surface area contributed by atoms with Gasteiger partial charge in [-0.25, -0.2) is 0 Å². The first-order valence-electron chi connectivity index (χ1n) is 6.96. The van der Waals surface area contributed by atoms with Gasteiger partial charge in [-0.1, -0.05) is 12.1 Å². The number of nitrogens with one attached hydrogen (secondary N) is 1. The van der Waals surface area contributed by atoms with Crippen LogP contribution in [0, 0.1) is 5.92 Å². The highest BCUT2D eigenvalue weighted by molar-refractivity contribution is 9.10. The normalized spacial score (nSPS) is 14.0. The van der Waals surface area contributed by atoms with Crippen molar-refractivity contribution < 1.29 is 13.9 Å². The fraction of sp³-hybridized carbons (Fsp3) is 0.312. The summed E-state index contributed by atoms with van der Waals surface area (Å²) in [6, 6.07) is 11.1. The third kappa shape index (κ3) is 3.88. The lowest BCUT2D eigenvalue weighted by Gasteiger charge is -2.06. The summed E-state index contributed by atoms with van der Waals surface area (Å²) in [5.74, 6) is 2.20. The van der Waals surface area contributed by atoms with Crippen LogP contribution in [0.4, 0.5) is 0 Å². The summed E-state index contributed by atoms with van der Waals surface area (Å²) in [5.41, 5.74) is 0. The lowest BCUT2D eigenvalue weighted by molar-refractivity contribution is 0.0920. The summed E-state index contributed by atoms with van der Waals surface area (Å²) < 4.78 is 12.0. The van der Waals surface area contributed by atoms with E-state index in [0.717, 1.165) is 16.8 Å². The molecule has 1 aliphatic rings. The Balaban J connectivity index is 1.54. The van der Waals surface area contributed by atoms with E-state index in [1.54, 1.807) is 12.1 Å². The highest BCUT2D eigenvalue weighted by Crippen LogP contribution is 2.28. The first kappa shape index (κ1) is 14.2. The number of carbonyl (C=O) groups excluding carboxylic acids is 1. The molecule has 2 aromatic rings. The lowest BCUT2D eigenvalue weighted by atomic mass is 10.3. The minimum atomic E-state index is -0.158. The number of furan rings is 1. The Labute approximate surface area is 131 Å². The summed E-state index contributed by atoms with van der Waals surface area (Å²) in [7, 11) is 0. The predicted molar refractivity (Wildman–Crippen MR) is 82.2 cm³/mol. The summed E-state index contributed by atoms with van der Waals surface area (Å²) in [4.78, 5) is 11.9. The Morgan fingerprint density at radius 1 is 1.29 bits per heavy atom. The van der Waals surface area contributed by atoms with Gasteiger partial charge in [0.25, 0.3) is 5.91 Å². The van der Waals surface area contributed by atoms with Gasteiger partial charge < -0.3 is 14.5 Å². The minimum absolute atomic E-state index is 0.158. The topological polar surface area (TPSA) is 51.5 Å². The van der Waals surface area contributed by atoms with Crippen LogP contribution in [0.5, 0.6) is 5.75 Å². The van der Waals surface area contributed by atoms with Crippen molar-refractivity contribution in [2.45, 2.75) is 19.4 Å². The molecule has 4 nitrogen and oxygen atoms in total. The number of halogens is 1. The van der Waals surface area contributed by atoms with Gasteiger partial charge in [-0.15, -0.1) is 0 Å². The maximum atomic E-state index is 11.9. The van der Waals surface area contributed by atoms with Crippen molar-refractivity contribution >= 4 is 21.8 Å². The van der Waals surface area contributed by atoms with Gasteiger partial charge in [-0.05, 0) is 59.0 Å². The number of benzene rings is 1. The second kappa shape index (κ2) is 6.35. The smallest absolute Gasteiger partial charge is 0.287 e. The molecule has 0 atom stereocenters. The summed E-state index contributed by atoms with van der Waals surface area (Å²) in [5, 5.41) is 2.88. The Morgan fingerprint density at radius 2 is 2.10 bits per heavy atom. The Morgan fingerprint density at radius 3 is 2.86 bits per heavy atom. The third-order valence-electron chi connectivity index (χ3n) is 3.34. The van der Waals surface area contributed by atoms with Gasteiger partial charge in [0.1, 0.15) is 18.1 Å². The molecule has 0 saturated heterocycles. The van der Waals surface area contributed by atoms with E-state index in [-0.39, 0.29) is 5.91 Å². The molecule has 0 spiro atoms. The molecule has 1 N–H and O–H groups in total. The SMILES string of the molecule is O=C(NCC1CC1)c1ccc(COc2ccccc2Br)o1. The average molecular weight is 350 g/mol. The molecular weight excluding hydrogens is 334 g/mol. The first-order valence-corrected chi connectivity index (χ1v) is 7.76. The zero-order valence-electron chi connectivity index (χ0n) is 11.5. The zero-order chi connectivity index (χ0) is 14.7. The van der Waals surface area contributed by atoms with E-state index in [9.17, 15) is 4.79 Å². The Bertz CT molecular complexity index is 634. The molecule has 1 saturated carbocycles. The number of hydrogen-bond acceptors (Lipinski definition) is 3. The molecule has 1 heterocycles. The molecule has 1 amide bonds. The quantitative estimate of drug-likeness (QED) is 0.863. The summed E-state index contributed by atoms with van der Waals surface area (Å²) >= 11 is 3.42. The zero-order valence-corrected chi connectivity index (χ0v) is 13.1. The van der Waals surface area contributed by atoms with E-state index in [1.807, 2.05) is 24.3 Å². The molecule has 1 aromatic heterocycles. The molecule has 0 unspecified atom stereocenters. The van der Waals surface area contributed by atoms with Gasteiger partial charge in [0.05, 0.1) is 4.47 Å². The number of ether oxygens (including phenoxy) is 1. The van der Waals surface area contributed by atoms with Crippen LogP contribution in [-0.4, -0.2) is 12.5 Å². The second-order valence-electron chi connectivity index (χ2n) is 5.14. The maximum Gasteiger partial charge on any atom is 0.287 e. The molecule has 1 aliphatic carbocycles. The van der Waals surface area contributed by atoms with Gasteiger partial charge >= 0.3 is 0 Å². The fourth-order valence-electron chi connectivity index (χ4n) is 1.93. The van der Waals surface area contributed by atoms with Crippen molar-refractivity contribution in [2.75, 3.05) is 6.54 Å². The van der Waals surface area contributed by atoms with Crippen LogP contribution >= 0.6 is 15.9 Å². The molecule has 0 bridgehead atoms. The number of hydrogen-bond donors (Lipinski definition) is 1. The van der Waals surface area contributed by atoms with Crippen LogP contribution in [0.2, 0.25) is 0 Å². The Hall–Kier alpha value is -1.75. The van der Waals surface area contributed by atoms with E-state index < -0.39 is 0 Å². The predicted octanol–water partition coefficient (Wildman–Crippen LogP) is 3.76. The van der Waals surface area contributed by atoms with Crippen LogP contribution in [0.15, 0.2) is 45.3 Å². The lowest BCUT2D eigenvalue weighted by Crippen LogP contribution is -2.24. The molecule has 1 fully saturated rings. The average Bonchev–Trinajstić information content (AvgIpc) is 3.20. The van der Waals surface area contributed by atoms with Crippen molar-refractivity contribution in [1.29, 1.82) is 0 Å². The van der Waals surface area contributed by atoms with Crippen LogP contribution in [0.1, 0.15) is 29.2 Å². The van der Waals surface area contributed by atoms with E-state index in [1.165, 1.54) is 12.8 Å². The van der Waals surface area contributed by atoms with Crippen LogP contribution in [0.3, 0.4) is 0 Å². The first-order chi connectivity index (χ1) is 10.2. The number of para-hydroxylation sites is 1. The third-order valence-corrected chi connectivity index (χ3v) is 4.00. The van der Waals surface area contributed by atoms with Gasteiger partial charge in [0.15, 0.2) is 5.76 Å². The summed E-state index contributed by atoms with van der Waals surface area (Å²) in [6.07, 6.45) is 2.42. The molecule has 0 radical (unpaired) electrons. The second-order valence-corrected chi connectivity index (χ2v) is 5.99. The highest BCUT2D eigenvalue weighted by Gasteiger charge is 2.22. The molecule has 1 aromatic carbocycles. The Kier molecular flexibility index (Phi) is 4.29. The molecule has 0 aliphatic heterocycles. The molecular formula is C16H16BrNO3. The maximum absolute atomic E-state index is 11.9. The van der Waals surface area contributed by atoms with Gasteiger partial charge in [-0.3, -0.25) is 4.79 Å². The van der Waals surface area contributed by atoms with E-state index >= 15 is 0 Å². The van der Waals surface area contributed by atoms with Crippen molar-refractivity contribution in [2.24, 2.45) is 5.92 Å². The fourth-order valence-corrected chi connectivity index (χ4v) is 2.33. The van der Waals surface area contributed by atoms with Crippen molar-refractivity contribution in [3.05, 3.63) is 52.4 Å². The minimum Gasteiger partial charge on any atom is -0.484 e. The molecule has 110 valence electrons. The van der Waals surface area contributed by atoms with E-state index in [0.29, 0.717) is 24.0 Å². The molecule has 21 heavy (non-hydrogen) atoms. The number of carbonyl (C=O) groups is 1. The van der Waals surface area contributed by atoms with Crippen LogP contribution in [-0.2, 0) is 6.61 Å². The highest BCUT2D eigenvalue weighted by atomic mass is 79.9. The van der Waals surface area contributed by atoms with Crippen LogP contribution < -0.4 is 10.1 Å². The van der Waals surface area contributed by atoms with Crippen molar-refractivity contribution in [3.63, 3.8) is 0 Å². The van der Waals surface area contributed by atoms with Crippen LogP contribution in [0.25, 0.3) is 0 Å². The van der Waals surface area contributed by atoms with Gasteiger partial charge in [0.2, 0.25) is 0 Å². The van der Waals surface area contributed by atoms with Gasteiger partial charge in [-0.2, -0.15) is 0 Å². The molecule has 3 rings (SSSR count). The van der Waals surface area contributed by atoms with E-state index in [4.69, 9.17) is 9.15 Å². The number of rotatable bonds is 6. The van der Waals surface area contributed by atoms with Crippen molar-refractivity contribution in [3.8, 4) is 5.75 Å². The largest absolute Gasteiger partial charge is 0.484 e. The number of amides is 1. The monoisotopic (exact) mass is 349 g/mol. The van der Waals surface area contributed by atoms with E-state index in [2.05, 4.69) is 21.2 Å². The standard InChI is InChI=1S/C16H16BrNO3/c17-13-3-1-2-4-14(13)20-10-12-7-8-15(21-12)16(19)18-9-11-5-6-11/h1-4,7-8,11H,5-6,9-10H2,(H,18,19). The van der Waals surface area contributed by atoms with Crippen molar-refractivity contribution in [1.82, 2.24) is 5.32 Å². The summed E-state index contributed by atoms with van der Waals surface area (Å²) in [6.45, 7) is 1.03.